The third-order valence-corrected chi connectivity index (χ3v) is 8.52. The summed E-state index contributed by atoms with van der Waals surface area (Å²) in [5.41, 5.74) is 3.76. The van der Waals surface area contributed by atoms with Gasteiger partial charge in [-0.2, -0.15) is 0 Å². The maximum absolute atomic E-state index is 13.4. The van der Waals surface area contributed by atoms with Gasteiger partial charge in [0.05, 0.1) is 22.5 Å². The molecule has 0 radical (unpaired) electrons. The van der Waals surface area contributed by atoms with E-state index in [2.05, 4.69) is 20.2 Å². The Balaban J connectivity index is 1.61. The van der Waals surface area contributed by atoms with Gasteiger partial charge in [0.15, 0.2) is 0 Å². The van der Waals surface area contributed by atoms with Crippen LogP contribution in [0.3, 0.4) is 0 Å². The lowest BCUT2D eigenvalue weighted by Gasteiger charge is -2.33. The van der Waals surface area contributed by atoms with E-state index in [-0.39, 0.29) is 35.1 Å². The van der Waals surface area contributed by atoms with Gasteiger partial charge in [0.25, 0.3) is 10.0 Å². The summed E-state index contributed by atoms with van der Waals surface area (Å²) in [6, 6.07) is 16.8. The Bertz CT molecular complexity index is 1670. The molecule has 226 valence electrons. The lowest BCUT2D eigenvalue weighted by molar-refractivity contribution is -0.141. The van der Waals surface area contributed by atoms with E-state index in [0.717, 1.165) is 5.56 Å². The maximum atomic E-state index is 13.4. The number of rotatable bonds is 12. The first kappa shape index (κ1) is 31.4. The molecule has 2 N–H and O–H groups in total. The lowest BCUT2D eigenvalue weighted by Crippen LogP contribution is -2.49. The summed E-state index contributed by atoms with van der Waals surface area (Å²) in [4.78, 5) is 32.5. The summed E-state index contributed by atoms with van der Waals surface area (Å²) >= 11 is 0. The van der Waals surface area contributed by atoms with E-state index in [4.69, 9.17) is 4.52 Å². The maximum Gasteiger partial charge on any atom is 0.264 e. The molecule has 0 unspecified atom stereocenters. The number of benzene rings is 2. The van der Waals surface area contributed by atoms with Crippen LogP contribution < -0.4 is 10.0 Å². The molecule has 0 aliphatic carbocycles. The molecule has 43 heavy (non-hydrogen) atoms. The van der Waals surface area contributed by atoms with Crippen LogP contribution in [0, 0.1) is 19.8 Å². The zero-order chi connectivity index (χ0) is 31.1. The van der Waals surface area contributed by atoms with Gasteiger partial charge in [-0.3, -0.25) is 14.6 Å². The highest BCUT2D eigenvalue weighted by Crippen LogP contribution is 2.30. The van der Waals surface area contributed by atoms with E-state index >= 15 is 0 Å². The van der Waals surface area contributed by atoms with Crippen LogP contribution in [0.25, 0.3) is 11.1 Å². The number of sulfonamides is 1. The standard InChI is InChI=1S/C32H37N5O5S/c1-6-10-29(38)37(30(21(2)3)31(39)34-26-11-9-18-33-19-26)20-24-14-16-25(17-15-24)27-12-7-8-13-28(27)43(40,41)36-32-22(4)23(5)35-42-32/h7-9,11-19,21,30,36H,6,10,20H2,1-5H3,(H,34,39)/t30-/m0/s1. The smallest absolute Gasteiger partial charge is 0.264 e. The Morgan fingerprint density at radius 3 is 2.33 bits per heavy atom. The third kappa shape index (κ3) is 7.47. The number of hydrogen-bond donors (Lipinski definition) is 2. The van der Waals surface area contributed by atoms with Crippen molar-refractivity contribution < 1.29 is 22.5 Å². The van der Waals surface area contributed by atoms with Crippen LogP contribution in [0.5, 0.6) is 0 Å². The summed E-state index contributed by atoms with van der Waals surface area (Å²) in [7, 11) is -3.99. The molecular weight excluding hydrogens is 566 g/mol. The Kier molecular flexibility index (Phi) is 9.97. The van der Waals surface area contributed by atoms with Gasteiger partial charge in [-0.15, -0.1) is 0 Å². The van der Waals surface area contributed by atoms with Crippen molar-refractivity contribution in [3.63, 3.8) is 0 Å². The largest absolute Gasteiger partial charge is 0.337 e. The van der Waals surface area contributed by atoms with E-state index < -0.39 is 16.1 Å². The molecule has 0 saturated heterocycles. The molecule has 4 aromatic rings. The predicted octanol–water partition coefficient (Wildman–Crippen LogP) is 5.95. The van der Waals surface area contributed by atoms with Crippen LogP contribution in [-0.4, -0.2) is 41.3 Å². The highest BCUT2D eigenvalue weighted by molar-refractivity contribution is 7.92. The van der Waals surface area contributed by atoms with Gasteiger partial charge < -0.3 is 14.7 Å². The number of aryl methyl sites for hydroxylation is 1. The molecule has 2 amide bonds. The summed E-state index contributed by atoms with van der Waals surface area (Å²) in [5, 5.41) is 6.72. The van der Waals surface area contributed by atoms with Crippen LogP contribution in [0.15, 0.2) is 82.5 Å². The van der Waals surface area contributed by atoms with Crippen molar-refractivity contribution in [3.8, 4) is 11.1 Å². The molecule has 2 aromatic heterocycles. The summed E-state index contributed by atoms with van der Waals surface area (Å²) in [6.45, 7) is 9.44. The molecule has 10 nitrogen and oxygen atoms in total. The summed E-state index contributed by atoms with van der Waals surface area (Å²) < 4.78 is 34.4. The molecule has 2 heterocycles. The normalized spacial score (nSPS) is 12.1. The van der Waals surface area contributed by atoms with Crippen molar-refractivity contribution in [1.82, 2.24) is 15.0 Å². The first-order chi connectivity index (χ1) is 20.5. The number of pyridine rings is 1. The highest BCUT2D eigenvalue weighted by Gasteiger charge is 2.32. The molecule has 4 rings (SSSR count). The van der Waals surface area contributed by atoms with Crippen molar-refractivity contribution in [2.45, 2.75) is 64.9 Å². The Morgan fingerprint density at radius 1 is 1.00 bits per heavy atom. The van der Waals surface area contributed by atoms with Gasteiger partial charge in [0, 0.05) is 30.3 Å². The first-order valence-electron chi connectivity index (χ1n) is 14.2. The van der Waals surface area contributed by atoms with Crippen molar-refractivity contribution in [2.75, 3.05) is 10.0 Å². The number of anilines is 2. The second-order valence-electron chi connectivity index (χ2n) is 10.7. The van der Waals surface area contributed by atoms with Crippen molar-refractivity contribution in [1.29, 1.82) is 0 Å². The molecule has 0 aliphatic heterocycles. The zero-order valence-electron chi connectivity index (χ0n) is 25.0. The minimum Gasteiger partial charge on any atom is -0.337 e. The highest BCUT2D eigenvalue weighted by atomic mass is 32.2. The second kappa shape index (κ2) is 13.6. The third-order valence-electron chi connectivity index (χ3n) is 7.13. The van der Waals surface area contributed by atoms with E-state index in [1.54, 1.807) is 61.5 Å². The lowest BCUT2D eigenvalue weighted by atomic mass is 9.99. The zero-order valence-corrected chi connectivity index (χ0v) is 25.8. The molecule has 0 bridgehead atoms. The number of carbonyl (C=O) groups is 2. The predicted molar refractivity (Wildman–Crippen MR) is 166 cm³/mol. The van der Waals surface area contributed by atoms with Gasteiger partial charge in [-0.05, 0) is 55.5 Å². The molecule has 0 aliphatic rings. The topological polar surface area (TPSA) is 134 Å². The average molecular weight is 604 g/mol. The molecular formula is C32H37N5O5S. The number of nitrogens with zero attached hydrogens (tertiary/aromatic N) is 3. The molecule has 0 fully saturated rings. The summed E-state index contributed by atoms with van der Waals surface area (Å²) in [5.74, 6) is -0.482. The van der Waals surface area contributed by atoms with E-state index in [9.17, 15) is 18.0 Å². The Morgan fingerprint density at radius 2 is 1.72 bits per heavy atom. The Hall–Kier alpha value is -4.51. The second-order valence-corrected chi connectivity index (χ2v) is 12.4. The number of nitrogens with one attached hydrogen (secondary N) is 2. The van der Waals surface area contributed by atoms with E-state index in [0.29, 0.717) is 40.9 Å². The number of carbonyl (C=O) groups excluding carboxylic acids is 2. The molecule has 2 aromatic carbocycles. The van der Waals surface area contributed by atoms with Crippen LogP contribution in [-0.2, 0) is 26.2 Å². The molecule has 0 saturated carbocycles. The molecule has 1 atom stereocenters. The van der Waals surface area contributed by atoms with Crippen LogP contribution in [0.2, 0.25) is 0 Å². The minimum atomic E-state index is -3.99. The van der Waals surface area contributed by atoms with Crippen LogP contribution >= 0.6 is 0 Å². The molecule has 0 spiro atoms. The quantitative estimate of drug-likeness (QED) is 0.204. The van der Waals surface area contributed by atoms with Gasteiger partial charge in [-0.1, -0.05) is 68.4 Å². The van der Waals surface area contributed by atoms with Crippen molar-refractivity contribution in [2.24, 2.45) is 5.92 Å². The SMILES string of the molecule is CCCC(=O)N(Cc1ccc(-c2ccccc2S(=O)(=O)Nc2onc(C)c2C)cc1)[C@H](C(=O)Nc1cccnc1)C(C)C. The van der Waals surface area contributed by atoms with Gasteiger partial charge in [0.1, 0.15) is 6.04 Å². The summed E-state index contributed by atoms with van der Waals surface area (Å²) in [6.07, 6.45) is 4.14. The number of aromatic nitrogens is 2. The van der Waals surface area contributed by atoms with Crippen molar-refractivity contribution >= 4 is 33.4 Å². The minimum absolute atomic E-state index is 0.0757. The number of amides is 2. The molecule has 11 heteroatoms. The fraction of sp³-hybridized carbons (Fsp3) is 0.312. The monoisotopic (exact) mass is 603 g/mol. The van der Waals surface area contributed by atoms with Crippen molar-refractivity contribution in [3.05, 3.63) is 89.9 Å². The fourth-order valence-corrected chi connectivity index (χ4v) is 6.05. The van der Waals surface area contributed by atoms with E-state index in [1.165, 1.54) is 6.07 Å². The first-order valence-corrected chi connectivity index (χ1v) is 15.6. The van der Waals surface area contributed by atoms with Gasteiger partial charge >= 0.3 is 0 Å². The van der Waals surface area contributed by atoms with Gasteiger partial charge in [-0.25, -0.2) is 13.1 Å². The fourth-order valence-electron chi connectivity index (χ4n) is 4.77. The van der Waals surface area contributed by atoms with Gasteiger partial charge in [0.2, 0.25) is 17.7 Å². The average Bonchev–Trinajstić information content (AvgIpc) is 3.29. The van der Waals surface area contributed by atoms with E-state index in [1.807, 2.05) is 45.0 Å². The van der Waals surface area contributed by atoms with Crippen LogP contribution in [0.4, 0.5) is 11.6 Å². The Labute approximate surface area is 252 Å². The number of hydrogen-bond acceptors (Lipinski definition) is 7. The van der Waals surface area contributed by atoms with Crippen LogP contribution in [0.1, 0.15) is 50.4 Å².